The van der Waals surface area contributed by atoms with Crippen LogP contribution in [0, 0.1) is 0 Å². The summed E-state index contributed by atoms with van der Waals surface area (Å²) in [5, 5.41) is 4.87. The number of aromatic nitrogens is 2. The van der Waals surface area contributed by atoms with Gasteiger partial charge in [-0.2, -0.15) is 0 Å². The molecule has 0 saturated heterocycles. The average molecular weight is 581 g/mol. The van der Waals surface area contributed by atoms with Gasteiger partial charge in [0, 0.05) is 47.6 Å². The van der Waals surface area contributed by atoms with Gasteiger partial charge in [-0.25, -0.2) is 9.97 Å². The fraction of sp³-hybridized carbons (Fsp3) is 0. The van der Waals surface area contributed by atoms with Gasteiger partial charge in [0.1, 0.15) is 17.5 Å². The molecule has 0 spiro atoms. The molecule has 0 aliphatic rings. The second-order valence-electron chi connectivity index (χ2n) is 11.0. The van der Waals surface area contributed by atoms with Gasteiger partial charge in [0.25, 0.3) is 0 Å². The van der Waals surface area contributed by atoms with Gasteiger partial charge in [-0.15, -0.1) is 11.3 Å². The molecule has 0 atom stereocenters. The topological polar surface area (TPSA) is 38.9 Å². The predicted octanol–water partition coefficient (Wildman–Crippen LogP) is 11.4. The Balaban J connectivity index is 1.11. The Morgan fingerprint density at radius 1 is 0.455 bits per heavy atom. The van der Waals surface area contributed by atoms with Crippen LogP contribution in [0.4, 0.5) is 0 Å². The zero-order chi connectivity index (χ0) is 29.0. The van der Waals surface area contributed by atoms with Crippen molar-refractivity contribution >= 4 is 53.4 Å². The number of hydrogen-bond acceptors (Lipinski definition) is 4. The summed E-state index contributed by atoms with van der Waals surface area (Å²) in [4.78, 5) is 9.37. The standard InChI is InChI=1S/C40H24N2OS/c1-3-19-37-31(13-1)33-17-7-15-29(39(33)43-37)25-9-5-11-27(21-25)35-23-36(42-24-41-35)28-12-6-10-26(22-28)30-16-8-18-34-32-14-2-4-20-38(32)44-40(30)34/h1-24H. The smallest absolute Gasteiger partial charge is 0.143 e. The van der Waals surface area contributed by atoms with Crippen molar-refractivity contribution in [3.05, 3.63) is 146 Å². The van der Waals surface area contributed by atoms with E-state index in [1.165, 1.54) is 31.3 Å². The summed E-state index contributed by atoms with van der Waals surface area (Å²) in [6.45, 7) is 0. The van der Waals surface area contributed by atoms with Crippen LogP contribution in [0.25, 0.3) is 86.9 Å². The lowest BCUT2D eigenvalue weighted by molar-refractivity contribution is 0.670. The van der Waals surface area contributed by atoms with Gasteiger partial charge in [0.15, 0.2) is 0 Å². The normalized spacial score (nSPS) is 11.6. The zero-order valence-electron chi connectivity index (χ0n) is 23.6. The summed E-state index contributed by atoms with van der Waals surface area (Å²) >= 11 is 1.85. The van der Waals surface area contributed by atoms with Crippen LogP contribution in [-0.4, -0.2) is 9.97 Å². The Bertz CT molecular complexity index is 2350. The number of rotatable bonds is 4. The molecule has 0 unspecified atom stereocenters. The first-order chi connectivity index (χ1) is 21.8. The molecule has 3 aromatic heterocycles. The van der Waals surface area contributed by atoms with E-state index in [9.17, 15) is 0 Å². The van der Waals surface area contributed by atoms with Crippen molar-refractivity contribution in [3.8, 4) is 44.8 Å². The van der Waals surface area contributed by atoms with Crippen LogP contribution in [-0.2, 0) is 0 Å². The number of nitrogens with zero attached hydrogens (tertiary/aromatic N) is 2. The summed E-state index contributed by atoms with van der Waals surface area (Å²) in [7, 11) is 0. The molecule has 0 radical (unpaired) electrons. The van der Waals surface area contributed by atoms with E-state index >= 15 is 0 Å². The molecule has 3 heterocycles. The Labute approximate surface area is 257 Å². The quantitative estimate of drug-likeness (QED) is 0.208. The number of thiophene rings is 1. The highest BCUT2D eigenvalue weighted by molar-refractivity contribution is 7.26. The second kappa shape index (κ2) is 10.0. The summed E-state index contributed by atoms with van der Waals surface area (Å²) in [6, 6.07) is 49.0. The van der Waals surface area contributed by atoms with E-state index in [1.54, 1.807) is 6.33 Å². The minimum atomic E-state index is 0.880. The SMILES string of the molecule is c1cc(-c2cc(-c3cccc(-c4cccc5c4sc4ccccc45)c3)ncn2)cc(-c2cccc3c2oc2ccccc23)c1. The Morgan fingerprint density at radius 3 is 1.84 bits per heavy atom. The molecule has 0 saturated carbocycles. The molecule has 3 nitrogen and oxygen atoms in total. The van der Waals surface area contributed by atoms with Gasteiger partial charge in [-0.1, -0.05) is 109 Å². The number of furan rings is 1. The highest BCUT2D eigenvalue weighted by atomic mass is 32.1. The maximum atomic E-state index is 6.33. The van der Waals surface area contributed by atoms with Crippen LogP contribution in [0.2, 0.25) is 0 Å². The van der Waals surface area contributed by atoms with Crippen LogP contribution in [0.3, 0.4) is 0 Å². The summed E-state index contributed by atoms with van der Waals surface area (Å²) in [5.74, 6) is 0. The first-order valence-corrected chi connectivity index (χ1v) is 15.5. The summed E-state index contributed by atoms with van der Waals surface area (Å²) in [6.07, 6.45) is 1.66. The highest BCUT2D eigenvalue weighted by Crippen LogP contribution is 2.41. The zero-order valence-corrected chi connectivity index (χ0v) is 24.4. The largest absolute Gasteiger partial charge is 0.455 e. The molecular formula is C40H24N2OS. The molecule has 9 aromatic rings. The Kier molecular flexibility index (Phi) is 5.68. The van der Waals surface area contributed by atoms with E-state index in [0.717, 1.165) is 55.6 Å². The molecule has 4 heteroatoms. The molecular weight excluding hydrogens is 557 g/mol. The maximum absolute atomic E-state index is 6.33. The van der Waals surface area contributed by atoms with E-state index in [4.69, 9.17) is 4.42 Å². The molecule has 6 aromatic carbocycles. The van der Waals surface area contributed by atoms with Crippen molar-refractivity contribution in [1.82, 2.24) is 9.97 Å². The van der Waals surface area contributed by atoms with E-state index in [2.05, 4.69) is 137 Å². The van der Waals surface area contributed by atoms with Crippen molar-refractivity contribution in [2.24, 2.45) is 0 Å². The summed E-state index contributed by atoms with van der Waals surface area (Å²) < 4.78 is 8.95. The van der Waals surface area contributed by atoms with Crippen LogP contribution in [0.15, 0.2) is 150 Å². The van der Waals surface area contributed by atoms with Gasteiger partial charge in [0.05, 0.1) is 11.4 Å². The van der Waals surface area contributed by atoms with Crippen LogP contribution < -0.4 is 0 Å². The van der Waals surface area contributed by atoms with Crippen LogP contribution >= 0.6 is 11.3 Å². The molecule has 0 bridgehead atoms. The van der Waals surface area contributed by atoms with Gasteiger partial charge in [-0.3, -0.25) is 0 Å². The molecule has 9 rings (SSSR count). The fourth-order valence-electron chi connectivity index (χ4n) is 6.31. The van der Waals surface area contributed by atoms with Gasteiger partial charge in [0.2, 0.25) is 0 Å². The first kappa shape index (κ1) is 25.0. The second-order valence-corrected chi connectivity index (χ2v) is 12.1. The third-order valence-corrected chi connectivity index (χ3v) is 9.63. The molecule has 0 N–H and O–H groups in total. The number of fused-ring (bicyclic) bond motifs is 6. The van der Waals surface area contributed by atoms with E-state index in [0.29, 0.717) is 0 Å². The monoisotopic (exact) mass is 580 g/mol. The minimum absolute atomic E-state index is 0.880. The molecule has 0 amide bonds. The van der Waals surface area contributed by atoms with Crippen LogP contribution in [0.5, 0.6) is 0 Å². The number of hydrogen-bond donors (Lipinski definition) is 0. The lowest BCUT2D eigenvalue weighted by Gasteiger charge is -2.09. The maximum Gasteiger partial charge on any atom is 0.143 e. The lowest BCUT2D eigenvalue weighted by atomic mass is 9.98. The van der Waals surface area contributed by atoms with E-state index < -0.39 is 0 Å². The van der Waals surface area contributed by atoms with E-state index in [-0.39, 0.29) is 0 Å². The first-order valence-electron chi connectivity index (χ1n) is 14.6. The van der Waals surface area contributed by atoms with Crippen LogP contribution in [0.1, 0.15) is 0 Å². The van der Waals surface area contributed by atoms with E-state index in [1.807, 2.05) is 23.5 Å². The summed E-state index contributed by atoms with van der Waals surface area (Å²) in [5.41, 5.74) is 10.3. The molecule has 206 valence electrons. The molecule has 0 aliphatic heterocycles. The van der Waals surface area contributed by atoms with Gasteiger partial charge >= 0.3 is 0 Å². The highest BCUT2D eigenvalue weighted by Gasteiger charge is 2.14. The molecule has 0 fully saturated rings. The van der Waals surface area contributed by atoms with Crippen molar-refractivity contribution in [3.63, 3.8) is 0 Å². The minimum Gasteiger partial charge on any atom is -0.455 e. The third kappa shape index (κ3) is 4.03. The fourth-order valence-corrected chi connectivity index (χ4v) is 7.55. The molecule has 0 aliphatic carbocycles. The number of benzene rings is 6. The van der Waals surface area contributed by atoms with Crippen molar-refractivity contribution in [1.29, 1.82) is 0 Å². The molecule has 44 heavy (non-hydrogen) atoms. The van der Waals surface area contributed by atoms with Crippen molar-refractivity contribution in [2.45, 2.75) is 0 Å². The van der Waals surface area contributed by atoms with Gasteiger partial charge < -0.3 is 4.42 Å². The Morgan fingerprint density at radius 2 is 1.05 bits per heavy atom. The Hall–Kier alpha value is -5.58. The van der Waals surface area contributed by atoms with Crippen molar-refractivity contribution < 1.29 is 4.42 Å². The van der Waals surface area contributed by atoms with Gasteiger partial charge in [-0.05, 0) is 47.0 Å². The lowest BCUT2D eigenvalue weighted by Crippen LogP contribution is -1.90. The third-order valence-electron chi connectivity index (χ3n) is 8.41. The van der Waals surface area contributed by atoms with Crippen molar-refractivity contribution in [2.75, 3.05) is 0 Å². The predicted molar refractivity (Wildman–Crippen MR) is 184 cm³/mol. The average Bonchev–Trinajstić information content (AvgIpc) is 3.67. The number of para-hydroxylation sites is 2.